The topological polar surface area (TPSA) is 44.8 Å². The lowest BCUT2D eigenvalue weighted by atomic mass is 9.96. The maximum atomic E-state index is 12.0. The Morgan fingerprint density at radius 2 is 2.05 bits per heavy atom. The van der Waals surface area contributed by atoms with E-state index in [1.807, 2.05) is 20.9 Å². The summed E-state index contributed by atoms with van der Waals surface area (Å²) in [5.74, 6) is -0.141. The van der Waals surface area contributed by atoms with E-state index in [1.54, 1.807) is 0 Å². The van der Waals surface area contributed by atoms with Crippen molar-refractivity contribution in [3.63, 3.8) is 0 Å². The number of likely N-dealkylation sites (N-methyl/N-ethyl adjacent to an activating group) is 2. The lowest BCUT2D eigenvalue weighted by molar-refractivity contribution is -0.150. The van der Waals surface area contributed by atoms with Crippen molar-refractivity contribution in [2.75, 3.05) is 53.4 Å². The molecule has 1 aliphatic rings. The van der Waals surface area contributed by atoms with E-state index in [-0.39, 0.29) is 5.97 Å². The Labute approximate surface area is 123 Å². The van der Waals surface area contributed by atoms with Crippen LogP contribution in [0, 0.1) is 0 Å². The molecule has 0 amide bonds. The molecule has 5 heteroatoms. The molecule has 1 rings (SSSR count). The normalized spacial score (nSPS) is 21.2. The van der Waals surface area contributed by atoms with Crippen LogP contribution in [0.5, 0.6) is 0 Å². The molecule has 0 spiro atoms. The van der Waals surface area contributed by atoms with Gasteiger partial charge in [0.2, 0.25) is 0 Å². The molecule has 0 radical (unpaired) electrons. The standard InChI is InChI=1S/C15H31N3O2/c1-5-20-14(19)15(2,16-3)8-6-10-18-11-7-9-17(4)12-13-18/h16H,5-13H2,1-4H3. The van der Waals surface area contributed by atoms with Gasteiger partial charge in [0, 0.05) is 13.1 Å². The molecular formula is C15H31N3O2. The summed E-state index contributed by atoms with van der Waals surface area (Å²) < 4.78 is 5.15. The molecule has 0 aromatic rings. The minimum absolute atomic E-state index is 0.141. The van der Waals surface area contributed by atoms with Crippen molar-refractivity contribution >= 4 is 5.97 Å². The largest absolute Gasteiger partial charge is 0.465 e. The molecule has 0 bridgehead atoms. The van der Waals surface area contributed by atoms with Gasteiger partial charge >= 0.3 is 5.97 Å². The first-order valence-electron chi connectivity index (χ1n) is 7.79. The van der Waals surface area contributed by atoms with Gasteiger partial charge in [0.25, 0.3) is 0 Å². The Morgan fingerprint density at radius 3 is 2.70 bits per heavy atom. The van der Waals surface area contributed by atoms with Crippen LogP contribution in [0.15, 0.2) is 0 Å². The van der Waals surface area contributed by atoms with Gasteiger partial charge in [0.05, 0.1) is 6.61 Å². The summed E-state index contributed by atoms with van der Waals surface area (Å²) in [5, 5.41) is 3.12. The van der Waals surface area contributed by atoms with Gasteiger partial charge in [-0.25, -0.2) is 0 Å². The first-order chi connectivity index (χ1) is 9.51. The molecule has 1 atom stereocenters. The van der Waals surface area contributed by atoms with Gasteiger partial charge in [0.1, 0.15) is 5.54 Å². The van der Waals surface area contributed by atoms with E-state index in [1.165, 1.54) is 19.5 Å². The van der Waals surface area contributed by atoms with Gasteiger partial charge < -0.3 is 19.9 Å². The van der Waals surface area contributed by atoms with Gasteiger partial charge in [-0.15, -0.1) is 0 Å². The zero-order valence-electron chi connectivity index (χ0n) is 13.6. The number of hydrogen-bond acceptors (Lipinski definition) is 5. The average molecular weight is 285 g/mol. The maximum Gasteiger partial charge on any atom is 0.326 e. The quantitative estimate of drug-likeness (QED) is 0.706. The van der Waals surface area contributed by atoms with Crippen LogP contribution in [0.25, 0.3) is 0 Å². The molecule has 20 heavy (non-hydrogen) atoms. The van der Waals surface area contributed by atoms with E-state index in [0.29, 0.717) is 6.61 Å². The zero-order valence-corrected chi connectivity index (χ0v) is 13.6. The second kappa shape index (κ2) is 8.60. The molecule has 0 aromatic heterocycles. The number of ether oxygens (including phenoxy) is 1. The summed E-state index contributed by atoms with van der Waals surface area (Å²) in [6.45, 7) is 9.91. The third-order valence-corrected chi connectivity index (χ3v) is 4.24. The van der Waals surface area contributed by atoms with E-state index in [0.717, 1.165) is 32.5 Å². The zero-order chi connectivity index (χ0) is 15.0. The van der Waals surface area contributed by atoms with Crippen molar-refractivity contribution in [1.82, 2.24) is 15.1 Å². The second-order valence-corrected chi connectivity index (χ2v) is 5.90. The third-order valence-electron chi connectivity index (χ3n) is 4.24. The van der Waals surface area contributed by atoms with Crippen LogP contribution in [-0.4, -0.2) is 74.7 Å². The highest BCUT2D eigenvalue weighted by Gasteiger charge is 2.32. The Balaban J connectivity index is 2.35. The van der Waals surface area contributed by atoms with Crippen LogP contribution in [0.3, 0.4) is 0 Å². The van der Waals surface area contributed by atoms with Crippen LogP contribution in [0.4, 0.5) is 0 Å². The van der Waals surface area contributed by atoms with Crippen molar-refractivity contribution in [2.24, 2.45) is 0 Å². The number of nitrogens with one attached hydrogen (secondary N) is 1. The monoisotopic (exact) mass is 285 g/mol. The SMILES string of the molecule is CCOC(=O)C(C)(CCCN1CCCN(C)CC1)NC. The fraction of sp³-hybridized carbons (Fsp3) is 0.933. The number of esters is 1. The molecule has 1 aliphatic heterocycles. The Bertz CT molecular complexity index is 299. The van der Waals surface area contributed by atoms with E-state index >= 15 is 0 Å². The number of nitrogens with zero attached hydrogens (tertiary/aromatic N) is 2. The smallest absolute Gasteiger partial charge is 0.326 e. The molecular weight excluding hydrogens is 254 g/mol. The lowest BCUT2D eigenvalue weighted by Gasteiger charge is -2.28. The average Bonchev–Trinajstić information content (AvgIpc) is 2.64. The summed E-state index contributed by atoms with van der Waals surface area (Å²) >= 11 is 0. The first kappa shape index (κ1) is 17.4. The van der Waals surface area contributed by atoms with Gasteiger partial charge in [-0.1, -0.05) is 0 Å². The van der Waals surface area contributed by atoms with Gasteiger partial charge in [0.15, 0.2) is 0 Å². The molecule has 0 saturated carbocycles. The predicted octanol–water partition coefficient (Wildman–Crippen LogP) is 0.945. The summed E-state index contributed by atoms with van der Waals surface area (Å²) in [5.41, 5.74) is -0.557. The molecule has 1 unspecified atom stereocenters. The van der Waals surface area contributed by atoms with E-state index < -0.39 is 5.54 Å². The highest BCUT2D eigenvalue weighted by atomic mass is 16.5. The molecule has 5 nitrogen and oxygen atoms in total. The Morgan fingerprint density at radius 1 is 1.30 bits per heavy atom. The number of rotatable bonds is 7. The van der Waals surface area contributed by atoms with Crippen molar-refractivity contribution in [1.29, 1.82) is 0 Å². The molecule has 1 saturated heterocycles. The van der Waals surface area contributed by atoms with E-state index in [2.05, 4.69) is 22.2 Å². The second-order valence-electron chi connectivity index (χ2n) is 5.90. The van der Waals surface area contributed by atoms with Crippen LogP contribution in [0.1, 0.15) is 33.1 Å². The number of carbonyl (C=O) groups is 1. The van der Waals surface area contributed by atoms with E-state index in [9.17, 15) is 4.79 Å². The van der Waals surface area contributed by atoms with Crippen LogP contribution < -0.4 is 5.32 Å². The molecule has 0 aromatic carbocycles. The first-order valence-corrected chi connectivity index (χ1v) is 7.79. The van der Waals surface area contributed by atoms with Crippen LogP contribution in [0.2, 0.25) is 0 Å². The van der Waals surface area contributed by atoms with Gasteiger partial charge in [-0.05, 0) is 66.8 Å². The summed E-state index contributed by atoms with van der Waals surface area (Å²) in [6, 6.07) is 0. The van der Waals surface area contributed by atoms with Crippen molar-refractivity contribution in [3.05, 3.63) is 0 Å². The summed E-state index contributed by atoms with van der Waals surface area (Å²) in [6.07, 6.45) is 3.06. The minimum Gasteiger partial charge on any atom is -0.465 e. The maximum absolute atomic E-state index is 12.0. The molecule has 118 valence electrons. The molecule has 1 fully saturated rings. The summed E-state index contributed by atoms with van der Waals surface area (Å²) in [4.78, 5) is 16.9. The summed E-state index contributed by atoms with van der Waals surface area (Å²) in [7, 11) is 4.01. The van der Waals surface area contributed by atoms with Crippen molar-refractivity contribution < 1.29 is 9.53 Å². The van der Waals surface area contributed by atoms with Crippen molar-refractivity contribution in [3.8, 4) is 0 Å². The predicted molar refractivity (Wildman–Crippen MR) is 81.9 cm³/mol. The fourth-order valence-corrected chi connectivity index (χ4v) is 2.60. The highest BCUT2D eigenvalue weighted by Crippen LogP contribution is 2.15. The Kier molecular flexibility index (Phi) is 7.48. The highest BCUT2D eigenvalue weighted by molar-refractivity contribution is 5.80. The fourth-order valence-electron chi connectivity index (χ4n) is 2.60. The van der Waals surface area contributed by atoms with Crippen molar-refractivity contribution in [2.45, 2.75) is 38.6 Å². The van der Waals surface area contributed by atoms with E-state index in [4.69, 9.17) is 4.74 Å². The molecule has 1 heterocycles. The van der Waals surface area contributed by atoms with Gasteiger partial charge in [-0.3, -0.25) is 4.79 Å². The lowest BCUT2D eigenvalue weighted by Crippen LogP contribution is -2.49. The van der Waals surface area contributed by atoms with Crippen LogP contribution in [-0.2, 0) is 9.53 Å². The minimum atomic E-state index is -0.557. The number of hydrogen-bond donors (Lipinski definition) is 1. The molecule has 0 aliphatic carbocycles. The van der Waals surface area contributed by atoms with Crippen LogP contribution >= 0.6 is 0 Å². The third kappa shape index (κ3) is 5.38. The van der Waals surface area contributed by atoms with Gasteiger partial charge in [-0.2, -0.15) is 0 Å². The molecule has 1 N–H and O–H groups in total. The Hall–Kier alpha value is -0.650. The number of carbonyl (C=O) groups excluding carboxylic acids is 1.